The van der Waals surface area contributed by atoms with Crippen LogP contribution in [-0.2, 0) is 27.3 Å². The average Bonchev–Trinajstić information content (AvgIpc) is 3.72. The first-order valence-electron chi connectivity index (χ1n) is 16.8. The van der Waals surface area contributed by atoms with E-state index >= 15 is 0 Å². The molecular formula is C37H52N6O3. The van der Waals surface area contributed by atoms with Crippen molar-refractivity contribution in [2.24, 2.45) is 11.8 Å². The summed E-state index contributed by atoms with van der Waals surface area (Å²) in [4.78, 5) is 50.0. The first kappa shape index (κ1) is 33.7. The lowest BCUT2D eigenvalue weighted by Crippen LogP contribution is -2.59. The van der Waals surface area contributed by atoms with Gasteiger partial charge in [-0.05, 0) is 94.4 Å². The molecule has 2 aromatic rings. The van der Waals surface area contributed by atoms with Crippen molar-refractivity contribution in [2.45, 2.75) is 63.7 Å². The average molecular weight is 629 g/mol. The van der Waals surface area contributed by atoms with E-state index in [-0.39, 0.29) is 23.6 Å². The monoisotopic (exact) mass is 628 g/mol. The van der Waals surface area contributed by atoms with E-state index in [2.05, 4.69) is 67.4 Å². The molecule has 3 saturated heterocycles. The predicted molar refractivity (Wildman–Crippen MR) is 184 cm³/mol. The molecule has 0 bridgehead atoms. The fourth-order valence-corrected chi connectivity index (χ4v) is 7.40. The third-order valence-electron chi connectivity index (χ3n) is 10.1. The van der Waals surface area contributed by atoms with Crippen molar-refractivity contribution in [2.75, 3.05) is 59.3 Å². The number of rotatable bonds is 10. The molecule has 5 rings (SSSR count). The van der Waals surface area contributed by atoms with Gasteiger partial charge >= 0.3 is 0 Å². The molecule has 5 atom stereocenters. The summed E-state index contributed by atoms with van der Waals surface area (Å²) in [5, 5.41) is 6.54. The number of likely N-dealkylation sites (N-methyl/N-ethyl adjacent to an activating group) is 1. The molecule has 2 aromatic carbocycles. The number of carbonyl (C=O) groups excluding carboxylic acids is 3. The van der Waals surface area contributed by atoms with Crippen molar-refractivity contribution in [3.8, 4) is 0 Å². The molecule has 2 N–H and O–H groups in total. The van der Waals surface area contributed by atoms with Crippen molar-refractivity contribution in [3.05, 3.63) is 71.3 Å². The summed E-state index contributed by atoms with van der Waals surface area (Å²) < 4.78 is 0. The van der Waals surface area contributed by atoms with Crippen molar-refractivity contribution < 1.29 is 14.4 Å². The van der Waals surface area contributed by atoms with Gasteiger partial charge in [0.15, 0.2) is 0 Å². The van der Waals surface area contributed by atoms with Gasteiger partial charge in [0.2, 0.25) is 17.7 Å². The number of benzene rings is 2. The maximum Gasteiger partial charge on any atom is 0.243 e. The van der Waals surface area contributed by atoms with Crippen LogP contribution in [-0.4, -0.2) is 105 Å². The quantitative estimate of drug-likeness (QED) is 0.420. The third kappa shape index (κ3) is 7.64. The van der Waals surface area contributed by atoms with E-state index in [0.29, 0.717) is 45.1 Å². The Morgan fingerprint density at radius 3 is 2.41 bits per heavy atom. The number of amides is 3. The molecule has 248 valence electrons. The van der Waals surface area contributed by atoms with Gasteiger partial charge in [0.25, 0.3) is 0 Å². The van der Waals surface area contributed by atoms with Crippen molar-refractivity contribution in [1.82, 2.24) is 25.3 Å². The Morgan fingerprint density at radius 1 is 1.00 bits per heavy atom. The molecule has 9 nitrogen and oxygen atoms in total. The zero-order chi connectivity index (χ0) is 33.0. The van der Waals surface area contributed by atoms with Crippen LogP contribution in [0.4, 0.5) is 5.69 Å². The van der Waals surface area contributed by atoms with Gasteiger partial charge in [-0.2, -0.15) is 0 Å². The number of carbonyl (C=O) groups is 3. The van der Waals surface area contributed by atoms with Crippen LogP contribution < -0.4 is 15.5 Å². The number of aryl methyl sites for hydroxylation is 1. The molecule has 0 unspecified atom stereocenters. The fourth-order valence-electron chi connectivity index (χ4n) is 7.40. The summed E-state index contributed by atoms with van der Waals surface area (Å²) in [6.07, 6.45) is 5.68. The summed E-state index contributed by atoms with van der Waals surface area (Å²) in [5.41, 5.74) is 5.45. The summed E-state index contributed by atoms with van der Waals surface area (Å²) in [6.45, 7) is 8.98. The molecule has 3 aliphatic heterocycles. The van der Waals surface area contributed by atoms with Gasteiger partial charge in [-0.1, -0.05) is 48.6 Å². The highest BCUT2D eigenvalue weighted by Crippen LogP contribution is 2.31. The smallest absolute Gasteiger partial charge is 0.243 e. The van der Waals surface area contributed by atoms with E-state index in [9.17, 15) is 14.4 Å². The van der Waals surface area contributed by atoms with E-state index in [1.807, 2.05) is 48.2 Å². The zero-order valence-electron chi connectivity index (χ0n) is 28.3. The SMILES string of the molecule is C=Cc1cc(CNC(=O)[C@@H]2C[C@@H](Cc3ccc(C)cc3)CN2C(=O)[C@@H]2NCCC[C@@H]2C(=O)N2CC[C@H](N(C)C)C2)ccc1N(C)C. The highest BCUT2D eigenvalue weighted by Gasteiger charge is 2.46. The lowest BCUT2D eigenvalue weighted by atomic mass is 9.88. The molecule has 3 amide bonds. The molecular weight excluding hydrogens is 576 g/mol. The number of hydrogen-bond donors (Lipinski definition) is 2. The Labute approximate surface area is 275 Å². The summed E-state index contributed by atoms with van der Waals surface area (Å²) >= 11 is 0. The second-order valence-electron chi connectivity index (χ2n) is 13.9. The first-order chi connectivity index (χ1) is 22.0. The summed E-state index contributed by atoms with van der Waals surface area (Å²) in [7, 11) is 8.09. The number of anilines is 1. The molecule has 3 heterocycles. The largest absolute Gasteiger partial charge is 0.377 e. The minimum atomic E-state index is -0.623. The van der Waals surface area contributed by atoms with Crippen LogP contribution in [0.2, 0.25) is 0 Å². The molecule has 0 radical (unpaired) electrons. The summed E-state index contributed by atoms with van der Waals surface area (Å²) in [6, 6.07) is 13.7. The number of likely N-dealkylation sites (tertiary alicyclic amines) is 2. The molecule has 46 heavy (non-hydrogen) atoms. The van der Waals surface area contributed by atoms with Crippen molar-refractivity contribution in [1.29, 1.82) is 0 Å². The van der Waals surface area contributed by atoms with Gasteiger partial charge in [0.05, 0.1) is 12.0 Å². The lowest BCUT2D eigenvalue weighted by molar-refractivity contribution is -0.147. The maximum absolute atomic E-state index is 14.4. The predicted octanol–water partition coefficient (Wildman–Crippen LogP) is 3.31. The van der Waals surface area contributed by atoms with Gasteiger partial charge in [-0.15, -0.1) is 0 Å². The second-order valence-corrected chi connectivity index (χ2v) is 13.9. The molecule has 0 aliphatic carbocycles. The Kier molecular flexibility index (Phi) is 10.8. The van der Waals surface area contributed by atoms with E-state index in [1.165, 1.54) is 11.1 Å². The van der Waals surface area contributed by atoms with Crippen LogP contribution in [0.5, 0.6) is 0 Å². The maximum atomic E-state index is 14.4. The van der Waals surface area contributed by atoms with E-state index in [4.69, 9.17) is 0 Å². The highest BCUT2D eigenvalue weighted by molar-refractivity contribution is 5.94. The summed E-state index contributed by atoms with van der Waals surface area (Å²) in [5.74, 6) is -0.493. The normalized spacial score (nSPS) is 24.7. The molecule has 9 heteroatoms. The van der Waals surface area contributed by atoms with E-state index < -0.39 is 18.0 Å². The first-order valence-corrected chi connectivity index (χ1v) is 16.8. The van der Waals surface area contributed by atoms with Gasteiger partial charge in [-0.3, -0.25) is 14.4 Å². The van der Waals surface area contributed by atoms with Gasteiger partial charge in [-0.25, -0.2) is 0 Å². The van der Waals surface area contributed by atoms with Gasteiger partial charge in [0, 0.05) is 52.0 Å². The molecule has 3 aliphatic rings. The van der Waals surface area contributed by atoms with Crippen LogP contribution in [0.15, 0.2) is 49.0 Å². The van der Waals surface area contributed by atoms with Crippen LogP contribution >= 0.6 is 0 Å². The van der Waals surface area contributed by atoms with Crippen LogP contribution in [0, 0.1) is 18.8 Å². The fraction of sp³-hybridized carbons (Fsp3) is 0.541. The third-order valence-corrected chi connectivity index (χ3v) is 10.1. The Bertz CT molecular complexity index is 1410. The van der Waals surface area contributed by atoms with Crippen LogP contribution in [0.3, 0.4) is 0 Å². The number of hydrogen-bond acceptors (Lipinski definition) is 6. The molecule has 0 spiro atoms. The van der Waals surface area contributed by atoms with Gasteiger partial charge < -0.3 is 30.2 Å². The van der Waals surface area contributed by atoms with E-state index in [0.717, 1.165) is 42.6 Å². The molecule has 3 fully saturated rings. The Balaban J connectivity index is 1.33. The molecule has 0 aromatic heterocycles. The van der Waals surface area contributed by atoms with Crippen molar-refractivity contribution >= 4 is 29.5 Å². The lowest BCUT2D eigenvalue weighted by Gasteiger charge is -2.37. The van der Waals surface area contributed by atoms with Crippen LogP contribution in [0.25, 0.3) is 6.08 Å². The minimum absolute atomic E-state index is 0.0606. The molecule has 0 saturated carbocycles. The van der Waals surface area contributed by atoms with Crippen molar-refractivity contribution in [3.63, 3.8) is 0 Å². The van der Waals surface area contributed by atoms with Crippen LogP contribution in [0.1, 0.15) is 47.9 Å². The Hall–Kier alpha value is -3.69. The topological polar surface area (TPSA) is 88.2 Å². The number of nitrogens with one attached hydrogen (secondary N) is 2. The minimum Gasteiger partial charge on any atom is -0.377 e. The Morgan fingerprint density at radius 2 is 1.74 bits per heavy atom. The number of nitrogens with zero attached hydrogens (tertiary/aromatic N) is 4. The van der Waals surface area contributed by atoms with E-state index in [1.54, 1.807) is 4.90 Å². The number of piperidine rings is 1. The zero-order valence-corrected chi connectivity index (χ0v) is 28.3. The highest BCUT2D eigenvalue weighted by atomic mass is 16.2. The van der Waals surface area contributed by atoms with Gasteiger partial charge in [0.1, 0.15) is 6.04 Å². The standard InChI is InChI=1S/C37H52N6O3/c1-7-29-20-27(14-15-32(29)41(5)6)22-39-35(44)33-21-28(19-26-12-10-25(2)11-13-26)23-43(33)37(46)34-31(9-8-17-38-34)36(45)42-18-16-30(24-42)40(3)4/h7,10-15,20,28,30-31,33-34,38H,1,8-9,16-19,21-24H2,2-6H3,(H,39,44)/t28-,30+,31+,33+,34-/m1/s1. The second kappa shape index (κ2) is 14.8.